The highest BCUT2D eigenvalue weighted by Gasteiger charge is 2.31. The minimum Gasteiger partial charge on any atom is -0.494 e. The van der Waals surface area contributed by atoms with Crippen molar-refractivity contribution in [3.05, 3.63) is 70.7 Å². The summed E-state index contributed by atoms with van der Waals surface area (Å²) >= 11 is 3.35. The van der Waals surface area contributed by atoms with Crippen LogP contribution in [0.2, 0.25) is 0 Å². The summed E-state index contributed by atoms with van der Waals surface area (Å²) in [6, 6.07) is 10.7. The summed E-state index contributed by atoms with van der Waals surface area (Å²) in [7, 11) is 0.435. The number of halogens is 1. The summed E-state index contributed by atoms with van der Waals surface area (Å²) in [5.74, 6) is 1.16. The van der Waals surface area contributed by atoms with Gasteiger partial charge < -0.3 is 14.2 Å². The fourth-order valence-corrected chi connectivity index (χ4v) is 5.39. The summed E-state index contributed by atoms with van der Waals surface area (Å²) in [4.78, 5) is 8.58. The number of benzene rings is 1. The first-order chi connectivity index (χ1) is 18.3. The third-order valence-electron chi connectivity index (χ3n) is 5.67. The summed E-state index contributed by atoms with van der Waals surface area (Å²) < 4.78 is 48.8. The number of nitrogens with one attached hydrogen (secondary N) is 1. The number of anilines is 1. The number of hydrogen-bond acceptors (Lipinski definition) is 9. The molecule has 200 valence electrons. The van der Waals surface area contributed by atoms with Crippen LogP contribution in [0.25, 0.3) is 17.1 Å². The van der Waals surface area contributed by atoms with E-state index < -0.39 is 15.3 Å². The molecule has 0 bridgehead atoms. The SMILES string of the molecule is COC[C@H](Cc1ccc(Br)cn1)S(=O)(=O)Nc1nnc(-c2cncc(C)c2)n1-c1c(OC)cccc1OC. The Bertz CT molecular complexity index is 1490. The topological polar surface area (TPSA) is 130 Å². The van der Waals surface area contributed by atoms with Gasteiger partial charge in [0.1, 0.15) is 22.4 Å². The Balaban J connectivity index is 1.83. The Hall–Kier alpha value is -3.55. The lowest BCUT2D eigenvalue weighted by atomic mass is 10.2. The maximum Gasteiger partial charge on any atom is 0.243 e. The molecule has 3 aromatic heterocycles. The highest BCUT2D eigenvalue weighted by atomic mass is 79.9. The maximum absolute atomic E-state index is 13.7. The molecule has 0 saturated carbocycles. The molecular weight excluding hydrogens is 576 g/mol. The van der Waals surface area contributed by atoms with Gasteiger partial charge in [0.15, 0.2) is 5.82 Å². The minimum atomic E-state index is -4.04. The Morgan fingerprint density at radius 2 is 1.76 bits per heavy atom. The third kappa shape index (κ3) is 5.95. The van der Waals surface area contributed by atoms with Crippen LogP contribution in [-0.4, -0.2) is 66.3 Å². The molecule has 0 saturated heterocycles. The molecule has 11 nitrogen and oxygen atoms in total. The van der Waals surface area contributed by atoms with Gasteiger partial charge in [-0.1, -0.05) is 6.07 Å². The first-order valence-electron chi connectivity index (χ1n) is 11.5. The van der Waals surface area contributed by atoms with Gasteiger partial charge in [-0.2, -0.15) is 0 Å². The number of methoxy groups -OCH3 is 3. The van der Waals surface area contributed by atoms with Crippen LogP contribution >= 0.6 is 15.9 Å². The highest BCUT2D eigenvalue weighted by Crippen LogP contribution is 2.37. The van der Waals surface area contributed by atoms with Gasteiger partial charge in [-0.15, -0.1) is 10.2 Å². The smallest absolute Gasteiger partial charge is 0.243 e. The van der Waals surface area contributed by atoms with E-state index in [2.05, 4.69) is 40.8 Å². The van der Waals surface area contributed by atoms with Gasteiger partial charge in [0.25, 0.3) is 0 Å². The molecule has 0 fully saturated rings. The molecule has 4 rings (SSSR count). The van der Waals surface area contributed by atoms with E-state index in [1.165, 1.54) is 21.3 Å². The molecule has 0 aliphatic heterocycles. The van der Waals surface area contributed by atoms with Crippen LogP contribution in [0.15, 0.2) is 59.5 Å². The van der Waals surface area contributed by atoms with Crippen LogP contribution < -0.4 is 14.2 Å². The molecule has 0 amide bonds. The molecule has 1 N–H and O–H groups in total. The zero-order chi connectivity index (χ0) is 27.3. The number of sulfonamides is 1. The lowest BCUT2D eigenvalue weighted by Gasteiger charge is -2.20. The van der Waals surface area contributed by atoms with Crippen molar-refractivity contribution in [3.63, 3.8) is 0 Å². The zero-order valence-corrected chi connectivity index (χ0v) is 23.7. The van der Waals surface area contributed by atoms with Gasteiger partial charge >= 0.3 is 0 Å². The second-order valence-electron chi connectivity index (χ2n) is 8.34. The molecule has 0 aliphatic carbocycles. The number of hydrogen-bond donors (Lipinski definition) is 1. The summed E-state index contributed by atoms with van der Waals surface area (Å²) in [5, 5.41) is 7.58. The van der Waals surface area contributed by atoms with Crippen molar-refractivity contribution >= 4 is 31.9 Å². The van der Waals surface area contributed by atoms with Crippen molar-refractivity contribution in [2.75, 3.05) is 32.7 Å². The van der Waals surface area contributed by atoms with Gasteiger partial charge in [-0.05, 0) is 58.7 Å². The molecule has 0 radical (unpaired) electrons. The fraction of sp³-hybridized carbons (Fsp3) is 0.280. The first kappa shape index (κ1) is 27.5. The number of aryl methyl sites for hydroxylation is 1. The van der Waals surface area contributed by atoms with Crippen molar-refractivity contribution in [1.82, 2.24) is 24.7 Å². The normalized spacial score (nSPS) is 12.2. The Morgan fingerprint density at radius 1 is 1.03 bits per heavy atom. The van der Waals surface area contributed by atoms with E-state index in [9.17, 15) is 8.42 Å². The molecule has 0 spiro atoms. The van der Waals surface area contributed by atoms with E-state index in [0.717, 1.165) is 10.0 Å². The monoisotopic (exact) mass is 602 g/mol. The van der Waals surface area contributed by atoms with E-state index in [1.54, 1.807) is 53.5 Å². The number of para-hydroxylation sites is 1. The predicted octanol–water partition coefficient (Wildman–Crippen LogP) is 3.81. The van der Waals surface area contributed by atoms with E-state index in [0.29, 0.717) is 34.3 Å². The molecule has 1 aromatic carbocycles. The van der Waals surface area contributed by atoms with Crippen LogP contribution in [0.3, 0.4) is 0 Å². The number of rotatable bonds is 11. The summed E-state index contributed by atoms with van der Waals surface area (Å²) in [6.45, 7) is 1.84. The average molecular weight is 603 g/mol. The van der Waals surface area contributed by atoms with E-state index in [4.69, 9.17) is 14.2 Å². The predicted molar refractivity (Wildman–Crippen MR) is 146 cm³/mol. The van der Waals surface area contributed by atoms with E-state index >= 15 is 0 Å². The van der Waals surface area contributed by atoms with Crippen molar-refractivity contribution in [3.8, 4) is 28.6 Å². The number of aromatic nitrogens is 5. The summed E-state index contributed by atoms with van der Waals surface area (Å²) in [5.41, 5.74) is 2.55. The minimum absolute atomic E-state index is 0.0471. The lowest BCUT2D eigenvalue weighted by Crippen LogP contribution is -2.34. The van der Waals surface area contributed by atoms with Gasteiger partial charge in [0.05, 0.1) is 20.8 Å². The van der Waals surface area contributed by atoms with Crippen LogP contribution in [-0.2, 0) is 21.2 Å². The molecular formula is C25H27BrN6O5S. The van der Waals surface area contributed by atoms with E-state index in [1.807, 2.05) is 13.0 Å². The lowest BCUT2D eigenvalue weighted by molar-refractivity contribution is 0.196. The molecule has 38 heavy (non-hydrogen) atoms. The molecule has 4 aromatic rings. The molecule has 0 aliphatic rings. The van der Waals surface area contributed by atoms with Gasteiger partial charge in [-0.25, -0.2) is 8.42 Å². The van der Waals surface area contributed by atoms with Crippen LogP contribution in [0.1, 0.15) is 11.3 Å². The maximum atomic E-state index is 13.7. The molecule has 13 heteroatoms. The van der Waals surface area contributed by atoms with Gasteiger partial charge in [0, 0.05) is 47.9 Å². The standard InChI is InChI=1S/C25H27BrN6O5S/c1-16-10-17(13-27-12-16)24-29-30-25(32(24)23-21(36-3)6-5-7-22(23)37-4)31-38(33,34)20(15-35-2)11-19-9-8-18(26)14-28-19/h5-10,12-14,20H,11,15H2,1-4H3,(H,30,31)/t20-/m0/s1. The Labute approximate surface area is 229 Å². The average Bonchev–Trinajstić information content (AvgIpc) is 3.31. The highest BCUT2D eigenvalue weighted by molar-refractivity contribution is 9.10. The van der Waals surface area contributed by atoms with Gasteiger partial charge in [0.2, 0.25) is 16.0 Å². The molecule has 3 heterocycles. The van der Waals surface area contributed by atoms with Crippen molar-refractivity contribution in [2.24, 2.45) is 0 Å². The number of nitrogens with zero attached hydrogens (tertiary/aromatic N) is 5. The number of pyridine rings is 2. The molecule has 1 atom stereocenters. The summed E-state index contributed by atoms with van der Waals surface area (Å²) in [6.07, 6.45) is 5.08. The van der Waals surface area contributed by atoms with Crippen molar-refractivity contribution in [1.29, 1.82) is 0 Å². The third-order valence-corrected chi connectivity index (χ3v) is 7.79. The largest absolute Gasteiger partial charge is 0.494 e. The van der Waals surface area contributed by atoms with Crippen molar-refractivity contribution in [2.45, 2.75) is 18.6 Å². The Morgan fingerprint density at radius 3 is 2.37 bits per heavy atom. The van der Waals surface area contributed by atoms with E-state index in [-0.39, 0.29) is 19.0 Å². The fourth-order valence-electron chi connectivity index (χ4n) is 3.89. The quantitative estimate of drug-likeness (QED) is 0.272. The second kappa shape index (κ2) is 11.9. The zero-order valence-electron chi connectivity index (χ0n) is 21.3. The van der Waals surface area contributed by atoms with Crippen LogP contribution in [0.5, 0.6) is 11.5 Å². The van der Waals surface area contributed by atoms with Crippen LogP contribution in [0.4, 0.5) is 5.95 Å². The van der Waals surface area contributed by atoms with Gasteiger partial charge in [-0.3, -0.25) is 19.3 Å². The Kier molecular flexibility index (Phi) is 8.59. The molecule has 0 unspecified atom stereocenters. The first-order valence-corrected chi connectivity index (χ1v) is 13.8. The van der Waals surface area contributed by atoms with Crippen molar-refractivity contribution < 1.29 is 22.6 Å². The van der Waals surface area contributed by atoms with Crippen LogP contribution in [0, 0.1) is 6.92 Å². The second-order valence-corrected chi connectivity index (χ2v) is 11.2. The number of ether oxygens (including phenoxy) is 3.